The SMILES string of the molecule is CCOc1ccc(/C=C2\Oc3cc(OC(=O)CCCCl)ccc3C2=O)cc1. The fourth-order valence-electron chi connectivity index (χ4n) is 2.60. The van der Waals surface area contributed by atoms with Crippen LogP contribution in [0.15, 0.2) is 48.2 Å². The second kappa shape index (κ2) is 8.73. The Balaban J connectivity index is 1.73. The van der Waals surface area contributed by atoms with Gasteiger partial charge in [-0.2, -0.15) is 0 Å². The maximum absolute atomic E-state index is 12.5. The first-order chi connectivity index (χ1) is 13.1. The predicted octanol–water partition coefficient (Wildman–Crippen LogP) is 4.63. The largest absolute Gasteiger partial charge is 0.494 e. The Morgan fingerprint density at radius 3 is 2.59 bits per heavy atom. The van der Waals surface area contributed by atoms with Crippen molar-refractivity contribution in [1.82, 2.24) is 0 Å². The summed E-state index contributed by atoms with van der Waals surface area (Å²) in [5, 5.41) is 0. The van der Waals surface area contributed by atoms with Gasteiger partial charge in [-0.15, -0.1) is 11.6 Å². The first-order valence-corrected chi connectivity index (χ1v) is 9.22. The first kappa shape index (κ1) is 19.0. The smallest absolute Gasteiger partial charge is 0.311 e. The number of rotatable bonds is 7. The van der Waals surface area contributed by atoms with E-state index >= 15 is 0 Å². The third-order valence-electron chi connectivity index (χ3n) is 3.88. The van der Waals surface area contributed by atoms with E-state index < -0.39 is 0 Å². The van der Waals surface area contributed by atoms with Crippen molar-refractivity contribution in [3.8, 4) is 17.2 Å². The third-order valence-corrected chi connectivity index (χ3v) is 4.14. The maximum atomic E-state index is 12.5. The van der Waals surface area contributed by atoms with E-state index in [1.807, 2.05) is 31.2 Å². The van der Waals surface area contributed by atoms with Crippen LogP contribution in [0, 0.1) is 0 Å². The van der Waals surface area contributed by atoms with Crippen LogP contribution in [-0.2, 0) is 4.79 Å². The average Bonchev–Trinajstić information content (AvgIpc) is 2.97. The van der Waals surface area contributed by atoms with Crippen molar-refractivity contribution in [2.24, 2.45) is 0 Å². The first-order valence-electron chi connectivity index (χ1n) is 8.68. The van der Waals surface area contributed by atoms with Gasteiger partial charge in [0.2, 0.25) is 5.78 Å². The van der Waals surface area contributed by atoms with Gasteiger partial charge in [0.15, 0.2) is 5.76 Å². The van der Waals surface area contributed by atoms with Crippen LogP contribution in [0.1, 0.15) is 35.7 Å². The minimum Gasteiger partial charge on any atom is -0.494 e. The molecule has 1 heterocycles. The lowest BCUT2D eigenvalue weighted by Crippen LogP contribution is -2.07. The van der Waals surface area contributed by atoms with Crippen molar-refractivity contribution >= 4 is 29.4 Å². The van der Waals surface area contributed by atoms with Crippen LogP contribution in [0.2, 0.25) is 0 Å². The number of allylic oxidation sites excluding steroid dienone is 1. The molecule has 1 aliphatic heterocycles. The number of hydrogen-bond donors (Lipinski definition) is 0. The molecule has 0 saturated heterocycles. The summed E-state index contributed by atoms with van der Waals surface area (Å²) in [6, 6.07) is 12.1. The number of hydrogen-bond acceptors (Lipinski definition) is 5. The highest BCUT2D eigenvalue weighted by Crippen LogP contribution is 2.35. The molecule has 0 aliphatic carbocycles. The molecule has 2 aromatic rings. The van der Waals surface area contributed by atoms with Gasteiger partial charge in [-0.05, 0) is 49.2 Å². The van der Waals surface area contributed by atoms with Crippen molar-refractivity contribution in [2.75, 3.05) is 12.5 Å². The summed E-state index contributed by atoms with van der Waals surface area (Å²) in [5.74, 6) is 1.52. The number of carbonyl (C=O) groups excluding carboxylic acids is 2. The summed E-state index contributed by atoms with van der Waals surface area (Å²) in [4.78, 5) is 24.2. The standard InChI is InChI=1S/C21H19ClO5/c1-2-25-15-7-5-14(6-8-15)12-19-21(24)17-10-9-16(13-18(17)27-19)26-20(23)4-3-11-22/h5-10,12-13H,2-4,11H2,1H3/b19-12-. The Morgan fingerprint density at radius 2 is 1.89 bits per heavy atom. The molecule has 0 N–H and O–H groups in total. The quantitative estimate of drug-likeness (QED) is 0.300. The summed E-state index contributed by atoms with van der Waals surface area (Å²) in [6.45, 7) is 2.51. The van der Waals surface area contributed by atoms with Crippen LogP contribution in [0.4, 0.5) is 0 Å². The van der Waals surface area contributed by atoms with Crippen LogP contribution < -0.4 is 14.2 Å². The number of ether oxygens (including phenoxy) is 3. The number of Topliss-reactive ketones (excluding diaryl/α,β-unsaturated/α-hetero) is 1. The lowest BCUT2D eigenvalue weighted by Gasteiger charge is -2.05. The lowest BCUT2D eigenvalue weighted by atomic mass is 10.1. The van der Waals surface area contributed by atoms with Gasteiger partial charge in [0.05, 0.1) is 12.2 Å². The molecule has 0 atom stereocenters. The molecule has 6 heteroatoms. The van der Waals surface area contributed by atoms with E-state index in [2.05, 4.69) is 0 Å². The molecule has 0 aromatic heterocycles. The van der Waals surface area contributed by atoms with Crippen LogP contribution in [0.5, 0.6) is 17.2 Å². The zero-order chi connectivity index (χ0) is 19.2. The van der Waals surface area contributed by atoms with E-state index in [1.54, 1.807) is 24.3 Å². The van der Waals surface area contributed by atoms with Crippen molar-refractivity contribution < 1.29 is 23.8 Å². The number of esters is 1. The maximum Gasteiger partial charge on any atom is 0.311 e. The van der Waals surface area contributed by atoms with Crippen LogP contribution in [0.25, 0.3) is 6.08 Å². The molecule has 27 heavy (non-hydrogen) atoms. The molecule has 140 valence electrons. The fraction of sp³-hybridized carbons (Fsp3) is 0.238. The zero-order valence-electron chi connectivity index (χ0n) is 14.9. The highest BCUT2D eigenvalue weighted by Gasteiger charge is 2.28. The highest BCUT2D eigenvalue weighted by molar-refractivity contribution is 6.18. The molecule has 2 aromatic carbocycles. The Hall–Kier alpha value is -2.79. The predicted molar refractivity (Wildman–Crippen MR) is 103 cm³/mol. The Morgan fingerprint density at radius 1 is 1.15 bits per heavy atom. The van der Waals surface area contributed by atoms with Gasteiger partial charge in [0.25, 0.3) is 0 Å². The molecule has 1 aliphatic rings. The molecule has 0 saturated carbocycles. The average molecular weight is 387 g/mol. The molecule has 0 bridgehead atoms. The zero-order valence-corrected chi connectivity index (χ0v) is 15.6. The van der Waals surface area contributed by atoms with Gasteiger partial charge in [-0.3, -0.25) is 9.59 Å². The van der Waals surface area contributed by atoms with Crippen molar-refractivity contribution in [3.63, 3.8) is 0 Å². The van der Waals surface area contributed by atoms with Gasteiger partial charge >= 0.3 is 5.97 Å². The summed E-state index contributed by atoms with van der Waals surface area (Å²) in [6.07, 6.45) is 2.46. The summed E-state index contributed by atoms with van der Waals surface area (Å²) < 4.78 is 16.3. The minimum atomic E-state index is -0.370. The monoisotopic (exact) mass is 386 g/mol. The molecule has 0 fully saturated rings. The summed E-state index contributed by atoms with van der Waals surface area (Å²) >= 11 is 5.57. The minimum absolute atomic E-state index is 0.209. The Kier molecular flexibility index (Phi) is 6.14. The topological polar surface area (TPSA) is 61.8 Å². The fourth-order valence-corrected chi connectivity index (χ4v) is 2.74. The molecule has 3 rings (SSSR count). The summed E-state index contributed by atoms with van der Waals surface area (Å²) in [5.41, 5.74) is 1.26. The van der Waals surface area contributed by atoms with E-state index in [1.165, 1.54) is 0 Å². The number of ketones is 1. The van der Waals surface area contributed by atoms with E-state index in [-0.39, 0.29) is 23.9 Å². The van der Waals surface area contributed by atoms with Crippen molar-refractivity contribution in [2.45, 2.75) is 19.8 Å². The summed E-state index contributed by atoms with van der Waals surface area (Å²) in [7, 11) is 0. The number of benzene rings is 2. The second-order valence-corrected chi connectivity index (χ2v) is 6.24. The van der Waals surface area contributed by atoms with Gasteiger partial charge < -0.3 is 14.2 Å². The van der Waals surface area contributed by atoms with Crippen LogP contribution in [0.3, 0.4) is 0 Å². The lowest BCUT2D eigenvalue weighted by molar-refractivity contribution is -0.134. The van der Waals surface area contributed by atoms with Crippen LogP contribution >= 0.6 is 11.6 Å². The van der Waals surface area contributed by atoms with Crippen molar-refractivity contribution in [1.29, 1.82) is 0 Å². The van der Waals surface area contributed by atoms with E-state index in [9.17, 15) is 9.59 Å². The Bertz CT molecular complexity index is 871. The molecule has 0 radical (unpaired) electrons. The van der Waals surface area contributed by atoms with Crippen molar-refractivity contribution in [3.05, 3.63) is 59.4 Å². The van der Waals surface area contributed by atoms with Gasteiger partial charge in [0, 0.05) is 18.4 Å². The van der Waals surface area contributed by atoms with E-state index in [0.29, 0.717) is 36.0 Å². The molecule has 0 unspecified atom stereocenters. The third kappa shape index (κ3) is 4.68. The highest BCUT2D eigenvalue weighted by atomic mass is 35.5. The normalized spacial score (nSPS) is 14.0. The number of alkyl halides is 1. The molecular formula is C21H19ClO5. The van der Waals surface area contributed by atoms with Crippen LogP contribution in [-0.4, -0.2) is 24.2 Å². The number of halogens is 1. The van der Waals surface area contributed by atoms with Gasteiger partial charge in [-0.25, -0.2) is 0 Å². The van der Waals surface area contributed by atoms with Gasteiger partial charge in [0.1, 0.15) is 17.2 Å². The number of fused-ring (bicyclic) bond motifs is 1. The number of carbonyl (C=O) groups is 2. The molecule has 0 amide bonds. The van der Waals surface area contributed by atoms with Gasteiger partial charge in [-0.1, -0.05) is 12.1 Å². The Labute approximate surface area is 162 Å². The molecule has 0 spiro atoms. The molecular weight excluding hydrogens is 368 g/mol. The second-order valence-electron chi connectivity index (χ2n) is 5.87. The molecule has 5 nitrogen and oxygen atoms in total. The van der Waals surface area contributed by atoms with E-state index in [0.717, 1.165) is 11.3 Å². The van der Waals surface area contributed by atoms with E-state index in [4.69, 9.17) is 25.8 Å².